The fourth-order valence-corrected chi connectivity index (χ4v) is 2.46. The molecule has 0 spiro atoms. The number of thiazole rings is 1. The highest BCUT2D eigenvalue weighted by atomic mass is 35.5. The highest BCUT2D eigenvalue weighted by molar-refractivity contribution is 7.09. The molecule has 0 radical (unpaired) electrons. The molecule has 0 aliphatic carbocycles. The van der Waals surface area contributed by atoms with Gasteiger partial charge in [0.15, 0.2) is 0 Å². The SMILES string of the molecule is O=C(Cc1nc(CCl)cs1)NCCn1ccnc1. The van der Waals surface area contributed by atoms with Crippen LogP contribution in [0.3, 0.4) is 0 Å². The fraction of sp³-hybridized carbons (Fsp3) is 0.364. The quantitative estimate of drug-likeness (QED) is 0.817. The van der Waals surface area contributed by atoms with Gasteiger partial charge in [-0.15, -0.1) is 22.9 Å². The van der Waals surface area contributed by atoms with Crippen LogP contribution in [-0.2, 0) is 23.6 Å². The zero-order chi connectivity index (χ0) is 12.8. The van der Waals surface area contributed by atoms with Gasteiger partial charge in [0.2, 0.25) is 5.91 Å². The minimum absolute atomic E-state index is 0.0226. The Morgan fingerprint density at radius 1 is 1.56 bits per heavy atom. The molecule has 0 saturated heterocycles. The summed E-state index contributed by atoms with van der Waals surface area (Å²) >= 11 is 7.11. The summed E-state index contributed by atoms with van der Waals surface area (Å²) in [5.74, 6) is 0.365. The van der Waals surface area contributed by atoms with Crippen molar-refractivity contribution >= 4 is 28.8 Å². The molecule has 7 heteroatoms. The molecule has 0 unspecified atom stereocenters. The molecule has 2 rings (SSSR count). The molecule has 1 N–H and O–H groups in total. The highest BCUT2D eigenvalue weighted by Crippen LogP contribution is 2.11. The summed E-state index contributed by atoms with van der Waals surface area (Å²) in [7, 11) is 0. The number of imidazole rings is 1. The third-order valence-electron chi connectivity index (χ3n) is 2.30. The lowest BCUT2D eigenvalue weighted by atomic mass is 10.4. The lowest BCUT2D eigenvalue weighted by molar-refractivity contribution is -0.120. The maximum Gasteiger partial charge on any atom is 0.226 e. The lowest BCUT2D eigenvalue weighted by Gasteiger charge is -2.04. The normalized spacial score (nSPS) is 10.5. The second-order valence-corrected chi connectivity index (χ2v) is 4.90. The molecule has 2 aromatic heterocycles. The Kier molecular flexibility index (Phi) is 4.72. The van der Waals surface area contributed by atoms with E-state index < -0.39 is 0 Å². The Labute approximate surface area is 114 Å². The summed E-state index contributed by atoms with van der Waals surface area (Å²) in [4.78, 5) is 19.8. The molecule has 0 saturated carbocycles. The first kappa shape index (κ1) is 13.0. The van der Waals surface area contributed by atoms with E-state index in [1.165, 1.54) is 11.3 Å². The van der Waals surface area contributed by atoms with Crippen molar-refractivity contribution in [2.45, 2.75) is 18.8 Å². The molecule has 0 bridgehead atoms. The maximum absolute atomic E-state index is 11.6. The van der Waals surface area contributed by atoms with Gasteiger partial charge >= 0.3 is 0 Å². The van der Waals surface area contributed by atoms with Crippen LogP contribution in [0.4, 0.5) is 0 Å². The van der Waals surface area contributed by atoms with Gasteiger partial charge in [-0.3, -0.25) is 4.79 Å². The average molecular weight is 285 g/mol. The smallest absolute Gasteiger partial charge is 0.226 e. The summed E-state index contributed by atoms with van der Waals surface area (Å²) in [5.41, 5.74) is 0.822. The summed E-state index contributed by atoms with van der Waals surface area (Å²) in [6.45, 7) is 1.31. The van der Waals surface area contributed by atoms with Crippen molar-refractivity contribution in [1.29, 1.82) is 0 Å². The number of alkyl halides is 1. The predicted octanol–water partition coefficient (Wildman–Crippen LogP) is 1.44. The largest absolute Gasteiger partial charge is 0.354 e. The van der Waals surface area contributed by atoms with Gasteiger partial charge in [-0.1, -0.05) is 0 Å². The number of rotatable bonds is 6. The monoisotopic (exact) mass is 284 g/mol. The van der Waals surface area contributed by atoms with Crippen LogP contribution >= 0.6 is 22.9 Å². The molecule has 0 aromatic carbocycles. The van der Waals surface area contributed by atoms with E-state index in [1.54, 1.807) is 12.5 Å². The van der Waals surface area contributed by atoms with E-state index in [9.17, 15) is 4.79 Å². The van der Waals surface area contributed by atoms with Gasteiger partial charge in [0.05, 0.1) is 24.3 Å². The van der Waals surface area contributed by atoms with Crippen LogP contribution in [0, 0.1) is 0 Å². The third kappa shape index (κ3) is 3.82. The zero-order valence-electron chi connectivity index (χ0n) is 9.67. The van der Waals surface area contributed by atoms with Crippen molar-refractivity contribution in [3.8, 4) is 0 Å². The van der Waals surface area contributed by atoms with Crippen molar-refractivity contribution in [3.05, 3.63) is 34.8 Å². The van der Waals surface area contributed by atoms with Crippen LogP contribution < -0.4 is 5.32 Å². The average Bonchev–Trinajstić information content (AvgIpc) is 3.00. The fourth-order valence-electron chi connectivity index (χ4n) is 1.43. The van der Waals surface area contributed by atoms with Crippen LogP contribution in [0.15, 0.2) is 24.1 Å². The molecule has 0 aliphatic rings. The van der Waals surface area contributed by atoms with E-state index in [0.717, 1.165) is 17.2 Å². The molecule has 18 heavy (non-hydrogen) atoms. The summed E-state index contributed by atoms with van der Waals surface area (Å²) in [5, 5.41) is 5.52. The number of amides is 1. The van der Waals surface area contributed by atoms with Gasteiger partial charge in [0.25, 0.3) is 0 Å². The van der Waals surface area contributed by atoms with Gasteiger partial charge in [-0.2, -0.15) is 0 Å². The van der Waals surface area contributed by atoms with Crippen LogP contribution in [0.25, 0.3) is 0 Å². The van der Waals surface area contributed by atoms with Crippen molar-refractivity contribution in [3.63, 3.8) is 0 Å². The second kappa shape index (κ2) is 6.51. The number of hydrogen-bond acceptors (Lipinski definition) is 4. The number of nitrogens with one attached hydrogen (secondary N) is 1. The Hall–Kier alpha value is -1.40. The van der Waals surface area contributed by atoms with E-state index in [4.69, 9.17) is 11.6 Å². The van der Waals surface area contributed by atoms with Crippen LogP contribution in [0.5, 0.6) is 0 Å². The predicted molar refractivity (Wildman–Crippen MR) is 70.6 cm³/mol. The van der Waals surface area contributed by atoms with E-state index in [0.29, 0.717) is 18.8 Å². The topological polar surface area (TPSA) is 59.8 Å². The van der Waals surface area contributed by atoms with E-state index in [-0.39, 0.29) is 5.91 Å². The Morgan fingerprint density at radius 2 is 2.44 bits per heavy atom. The Balaban J connectivity index is 1.71. The van der Waals surface area contributed by atoms with Gasteiger partial charge in [-0.25, -0.2) is 9.97 Å². The molecule has 96 valence electrons. The first-order valence-corrected chi connectivity index (χ1v) is 6.91. The van der Waals surface area contributed by atoms with Crippen LogP contribution in [0.2, 0.25) is 0 Å². The number of nitrogens with zero attached hydrogens (tertiary/aromatic N) is 3. The molecular weight excluding hydrogens is 272 g/mol. The van der Waals surface area contributed by atoms with Gasteiger partial charge in [-0.05, 0) is 0 Å². The summed E-state index contributed by atoms with van der Waals surface area (Å²) < 4.78 is 1.91. The van der Waals surface area contributed by atoms with Crippen molar-refractivity contribution < 1.29 is 4.79 Å². The highest BCUT2D eigenvalue weighted by Gasteiger charge is 2.07. The van der Waals surface area contributed by atoms with E-state index >= 15 is 0 Å². The second-order valence-electron chi connectivity index (χ2n) is 3.69. The van der Waals surface area contributed by atoms with Crippen molar-refractivity contribution in [1.82, 2.24) is 19.9 Å². The molecule has 1 amide bonds. The number of carbonyl (C=O) groups is 1. The first-order valence-electron chi connectivity index (χ1n) is 5.49. The molecule has 5 nitrogen and oxygen atoms in total. The molecule has 0 atom stereocenters. The first-order chi connectivity index (χ1) is 8.78. The number of carbonyl (C=O) groups excluding carboxylic acids is 1. The zero-order valence-corrected chi connectivity index (χ0v) is 11.2. The Morgan fingerprint density at radius 3 is 3.11 bits per heavy atom. The van der Waals surface area contributed by atoms with Gasteiger partial charge < -0.3 is 9.88 Å². The standard InChI is InChI=1S/C11H13ClN4OS/c12-6-9-7-18-11(15-9)5-10(17)14-2-4-16-3-1-13-8-16/h1,3,7-8H,2,4-6H2,(H,14,17). The maximum atomic E-state index is 11.6. The minimum atomic E-state index is -0.0226. The molecule has 2 aromatic rings. The van der Waals surface area contributed by atoms with Gasteiger partial charge in [0, 0.05) is 30.9 Å². The van der Waals surface area contributed by atoms with Crippen molar-refractivity contribution in [2.75, 3.05) is 6.54 Å². The molecule has 0 aliphatic heterocycles. The molecule has 0 fully saturated rings. The Bertz CT molecular complexity index is 497. The molecule has 2 heterocycles. The number of hydrogen-bond donors (Lipinski definition) is 1. The third-order valence-corrected chi connectivity index (χ3v) is 3.47. The lowest BCUT2D eigenvalue weighted by Crippen LogP contribution is -2.28. The van der Waals surface area contributed by atoms with Crippen molar-refractivity contribution in [2.24, 2.45) is 0 Å². The number of aromatic nitrogens is 3. The summed E-state index contributed by atoms with van der Waals surface area (Å²) in [6, 6.07) is 0. The van der Waals surface area contributed by atoms with E-state index in [2.05, 4.69) is 15.3 Å². The minimum Gasteiger partial charge on any atom is -0.354 e. The number of halogens is 1. The summed E-state index contributed by atoms with van der Waals surface area (Å²) in [6.07, 6.45) is 5.61. The van der Waals surface area contributed by atoms with Crippen LogP contribution in [0.1, 0.15) is 10.7 Å². The van der Waals surface area contributed by atoms with Gasteiger partial charge in [0.1, 0.15) is 5.01 Å². The molecular formula is C11H13ClN4OS. The van der Waals surface area contributed by atoms with E-state index in [1.807, 2.05) is 16.1 Å². The van der Waals surface area contributed by atoms with Crippen LogP contribution in [-0.4, -0.2) is 27.0 Å².